The second-order valence-electron chi connectivity index (χ2n) is 3.92. The monoisotopic (exact) mass is 244 g/mol. The predicted octanol–water partition coefficient (Wildman–Crippen LogP) is 3.11. The Morgan fingerprint density at radius 1 is 1.60 bits per heavy atom. The highest BCUT2D eigenvalue weighted by Gasteiger charge is 2.34. The summed E-state index contributed by atoms with van der Waals surface area (Å²) in [6, 6.07) is 3.82. The number of carbonyl (C=O) groups excluding carboxylic acids is 1. The Kier molecular flexibility index (Phi) is 3.44. The lowest BCUT2D eigenvalue weighted by molar-refractivity contribution is -0.118. The summed E-state index contributed by atoms with van der Waals surface area (Å²) in [5.74, 6) is 0.770. The third-order valence-corrected chi connectivity index (χ3v) is 4.13. The molecule has 0 spiro atoms. The van der Waals surface area contributed by atoms with Gasteiger partial charge >= 0.3 is 0 Å². The molecule has 15 heavy (non-hydrogen) atoms. The van der Waals surface area contributed by atoms with E-state index in [4.69, 9.17) is 16.3 Å². The van der Waals surface area contributed by atoms with Crippen LogP contribution in [-0.4, -0.2) is 19.5 Å². The standard InChI is InChI=1S/C11H13ClO2S/c1-14-6-7-4-8(9(13)5-7)10-2-3-11(12)15-10/h2-3,7-8H,4-6H2,1H3. The van der Waals surface area contributed by atoms with E-state index < -0.39 is 0 Å². The summed E-state index contributed by atoms with van der Waals surface area (Å²) in [7, 11) is 1.68. The molecular formula is C11H13ClO2S. The van der Waals surface area contributed by atoms with E-state index in [9.17, 15) is 4.79 Å². The van der Waals surface area contributed by atoms with Crippen molar-refractivity contribution < 1.29 is 9.53 Å². The number of ether oxygens (including phenoxy) is 1. The first-order chi connectivity index (χ1) is 7.20. The molecule has 0 saturated heterocycles. The summed E-state index contributed by atoms with van der Waals surface area (Å²) in [5, 5.41) is 0. The Morgan fingerprint density at radius 3 is 3.00 bits per heavy atom. The summed E-state index contributed by atoms with van der Waals surface area (Å²) >= 11 is 7.38. The SMILES string of the molecule is COCC1CC(=O)C(c2ccc(Cl)s2)C1. The van der Waals surface area contributed by atoms with Gasteiger partial charge in [0, 0.05) is 25.0 Å². The van der Waals surface area contributed by atoms with Crippen LogP contribution in [0, 0.1) is 5.92 Å². The van der Waals surface area contributed by atoms with Crippen LogP contribution in [0.1, 0.15) is 23.6 Å². The van der Waals surface area contributed by atoms with Gasteiger partial charge in [-0.05, 0) is 24.5 Å². The number of carbonyl (C=O) groups is 1. The minimum Gasteiger partial charge on any atom is -0.384 e. The van der Waals surface area contributed by atoms with Gasteiger partial charge in [-0.2, -0.15) is 0 Å². The van der Waals surface area contributed by atoms with Crippen LogP contribution in [0.4, 0.5) is 0 Å². The molecule has 2 unspecified atom stereocenters. The zero-order chi connectivity index (χ0) is 10.8. The summed E-state index contributed by atoms with van der Waals surface area (Å²) < 4.78 is 5.85. The molecule has 1 fully saturated rings. The molecule has 1 aromatic rings. The van der Waals surface area contributed by atoms with Gasteiger partial charge in [0.05, 0.1) is 10.3 Å². The average molecular weight is 245 g/mol. The van der Waals surface area contributed by atoms with Crippen molar-refractivity contribution in [1.29, 1.82) is 0 Å². The van der Waals surface area contributed by atoms with Crippen molar-refractivity contribution in [2.75, 3.05) is 13.7 Å². The van der Waals surface area contributed by atoms with Gasteiger partial charge in [0.25, 0.3) is 0 Å². The maximum absolute atomic E-state index is 11.8. The lowest BCUT2D eigenvalue weighted by atomic mass is 10.0. The first kappa shape index (κ1) is 11.1. The summed E-state index contributed by atoms with van der Waals surface area (Å²) in [6.07, 6.45) is 1.55. The molecule has 0 aliphatic heterocycles. The van der Waals surface area contributed by atoms with E-state index in [0.29, 0.717) is 24.7 Å². The minimum atomic E-state index is 0.0580. The highest BCUT2D eigenvalue weighted by Crippen LogP contribution is 2.39. The number of thiophene rings is 1. The largest absolute Gasteiger partial charge is 0.384 e. The van der Waals surface area contributed by atoms with Gasteiger partial charge in [0.2, 0.25) is 0 Å². The number of rotatable bonds is 3. The number of methoxy groups -OCH3 is 1. The fourth-order valence-corrected chi connectivity index (χ4v) is 3.33. The Balaban J connectivity index is 2.08. The van der Waals surface area contributed by atoms with Crippen LogP contribution in [-0.2, 0) is 9.53 Å². The quantitative estimate of drug-likeness (QED) is 0.817. The second kappa shape index (κ2) is 4.64. The van der Waals surface area contributed by atoms with E-state index in [-0.39, 0.29) is 5.92 Å². The van der Waals surface area contributed by atoms with Crippen LogP contribution < -0.4 is 0 Å². The Labute approximate surface area is 98.2 Å². The second-order valence-corrected chi connectivity index (χ2v) is 5.67. The van der Waals surface area contributed by atoms with Crippen LogP contribution >= 0.6 is 22.9 Å². The van der Waals surface area contributed by atoms with Crippen molar-refractivity contribution in [2.45, 2.75) is 18.8 Å². The lowest BCUT2D eigenvalue weighted by Gasteiger charge is -2.07. The smallest absolute Gasteiger partial charge is 0.141 e. The van der Waals surface area contributed by atoms with Crippen molar-refractivity contribution >= 4 is 28.7 Å². The molecule has 0 radical (unpaired) electrons. The van der Waals surface area contributed by atoms with Gasteiger partial charge in [-0.25, -0.2) is 0 Å². The van der Waals surface area contributed by atoms with Crippen molar-refractivity contribution in [1.82, 2.24) is 0 Å². The van der Waals surface area contributed by atoms with Crippen LogP contribution in [0.2, 0.25) is 4.34 Å². The molecule has 1 aliphatic rings. The zero-order valence-corrected chi connectivity index (χ0v) is 10.1. The van der Waals surface area contributed by atoms with Crippen molar-refractivity contribution in [2.24, 2.45) is 5.92 Å². The van der Waals surface area contributed by atoms with E-state index in [1.165, 1.54) is 11.3 Å². The highest BCUT2D eigenvalue weighted by atomic mass is 35.5. The summed E-state index contributed by atoms with van der Waals surface area (Å²) in [6.45, 7) is 0.682. The van der Waals surface area contributed by atoms with E-state index in [0.717, 1.165) is 15.6 Å². The summed E-state index contributed by atoms with van der Waals surface area (Å²) in [4.78, 5) is 12.9. The predicted molar refractivity (Wildman–Crippen MR) is 61.7 cm³/mol. The van der Waals surface area contributed by atoms with Crippen LogP contribution in [0.5, 0.6) is 0 Å². The van der Waals surface area contributed by atoms with Gasteiger partial charge in [0.1, 0.15) is 5.78 Å². The molecule has 0 bridgehead atoms. The average Bonchev–Trinajstić information content (AvgIpc) is 2.73. The van der Waals surface area contributed by atoms with Gasteiger partial charge in [-0.1, -0.05) is 11.6 Å². The first-order valence-corrected chi connectivity index (χ1v) is 6.17. The number of hydrogen-bond donors (Lipinski definition) is 0. The Bertz CT molecular complexity index is 361. The molecule has 2 nitrogen and oxygen atoms in total. The molecule has 1 heterocycles. The molecule has 0 N–H and O–H groups in total. The zero-order valence-electron chi connectivity index (χ0n) is 8.53. The molecule has 2 rings (SSSR count). The van der Waals surface area contributed by atoms with E-state index >= 15 is 0 Å². The highest BCUT2D eigenvalue weighted by molar-refractivity contribution is 7.16. The van der Waals surface area contributed by atoms with Gasteiger partial charge in [-0.3, -0.25) is 4.79 Å². The van der Waals surface area contributed by atoms with Gasteiger partial charge in [0.15, 0.2) is 0 Å². The molecule has 82 valence electrons. The molecular weight excluding hydrogens is 232 g/mol. The maximum atomic E-state index is 11.8. The fourth-order valence-electron chi connectivity index (χ4n) is 2.13. The Morgan fingerprint density at radius 2 is 2.40 bits per heavy atom. The lowest BCUT2D eigenvalue weighted by Crippen LogP contribution is -2.03. The minimum absolute atomic E-state index is 0.0580. The van der Waals surface area contributed by atoms with E-state index in [2.05, 4.69) is 0 Å². The third kappa shape index (κ3) is 2.41. The van der Waals surface area contributed by atoms with Gasteiger partial charge in [-0.15, -0.1) is 11.3 Å². The van der Waals surface area contributed by atoms with E-state index in [1.54, 1.807) is 7.11 Å². The van der Waals surface area contributed by atoms with Crippen LogP contribution in [0.3, 0.4) is 0 Å². The normalized spacial score (nSPS) is 26.1. The third-order valence-electron chi connectivity index (χ3n) is 2.79. The summed E-state index contributed by atoms with van der Waals surface area (Å²) in [5.41, 5.74) is 0. The number of hydrogen-bond acceptors (Lipinski definition) is 3. The van der Waals surface area contributed by atoms with Crippen molar-refractivity contribution in [3.63, 3.8) is 0 Å². The molecule has 0 amide bonds. The van der Waals surface area contributed by atoms with Crippen LogP contribution in [0.15, 0.2) is 12.1 Å². The number of ketones is 1. The van der Waals surface area contributed by atoms with Crippen LogP contribution in [0.25, 0.3) is 0 Å². The number of Topliss-reactive ketones (excluding diaryl/α,β-unsaturated/α-hetero) is 1. The molecule has 1 aromatic heterocycles. The van der Waals surface area contributed by atoms with Gasteiger partial charge < -0.3 is 4.74 Å². The molecule has 0 aromatic carbocycles. The fraction of sp³-hybridized carbons (Fsp3) is 0.545. The molecule has 1 saturated carbocycles. The first-order valence-electron chi connectivity index (χ1n) is 4.97. The Hall–Kier alpha value is -0.380. The van der Waals surface area contributed by atoms with Crippen molar-refractivity contribution in [3.8, 4) is 0 Å². The molecule has 2 atom stereocenters. The van der Waals surface area contributed by atoms with Crippen molar-refractivity contribution in [3.05, 3.63) is 21.3 Å². The molecule has 4 heteroatoms. The van der Waals surface area contributed by atoms with E-state index in [1.807, 2.05) is 12.1 Å². The number of halogens is 1. The molecule has 1 aliphatic carbocycles. The topological polar surface area (TPSA) is 26.3 Å². The maximum Gasteiger partial charge on any atom is 0.141 e.